The van der Waals surface area contributed by atoms with Crippen molar-refractivity contribution in [2.45, 2.75) is 19.4 Å². The zero-order valence-electron chi connectivity index (χ0n) is 14.9. The van der Waals surface area contributed by atoms with E-state index in [1.54, 1.807) is 21.9 Å². The van der Waals surface area contributed by atoms with E-state index in [1.165, 1.54) is 12.1 Å². The molecule has 3 rings (SSSR count). The second kappa shape index (κ2) is 9.37. The number of hydrogen-bond acceptors (Lipinski definition) is 3. The lowest BCUT2D eigenvalue weighted by atomic mass is 10.1. The number of para-hydroxylation sites is 1. The van der Waals surface area contributed by atoms with E-state index in [-0.39, 0.29) is 36.6 Å². The van der Waals surface area contributed by atoms with Gasteiger partial charge in [-0.2, -0.15) is 0 Å². The lowest BCUT2D eigenvalue weighted by Gasteiger charge is -2.34. The van der Waals surface area contributed by atoms with Crippen LogP contribution in [0.15, 0.2) is 48.5 Å². The fourth-order valence-corrected chi connectivity index (χ4v) is 3.11. The molecule has 2 amide bonds. The van der Waals surface area contributed by atoms with Crippen molar-refractivity contribution >= 4 is 29.9 Å². The molecule has 0 aliphatic carbocycles. The standard InChI is InChI=1S/C20H22FN3O2.ClH/c21-17-6-3-4-15(12-17)13-23-10-11-24(14-20(23)26)19(25)9-8-16-5-1-2-7-18(16)22;/h1-7,12H,8-11,13-14,22H2;1H. The van der Waals surface area contributed by atoms with E-state index in [1.807, 2.05) is 24.3 Å². The summed E-state index contributed by atoms with van der Waals surface area (Å²) in [6, 6.07) is 13.7. The van der Waals surface area contributed by atoms with E-state index in [0.29, 0.717) is 38.2 Å². The number of anilines is 1. The van der Waals surface area contributed by atoms with Gasteiger partial charge in [0.1, 0.15) is 5.82 Å². The van der Waals surface area contributed by atoms with Crippen LogP contribution in [-0.2, 0) is 22.6 Å². The zero-order valence-corrected chi connectivity index (χ0v) is 15.8. The van der Waals surface area contributed by atoms with Crippen molar-refractivity contribution in [2.24, 2.45) is 0 Å². The molecule has 7 heteroatoms. The minimum atomic E-state index is -0.316. The number of hydrogen-bond donors (Lipinski definition) is 1. The van der Waals surface area contributed by atoms with Crippen LogP contribution in [0.4, 0.5) is 10.1 Å². The van der Waals surface area contributed by atoms with Gasteiger partial charge in [-0.25, -0.2) is 4.39 Å². The minimum Gasteiger partial charge on any atom is -0.399 e. The predicted octanol–water partition coefficient (Wildman–Crippen LogP) is 2.63. The average Bonchev–Trinajstić information content (AvgIpc) is 2.62. The van der Waals surface area contributed by atoms with Gasteiger partial charge in [0.15, 0.2) is 0 Å². The third kappa shape index (κ3) is 5.44. The Hall–Kier alpha value is -2.60. The first-order valence-electron chi connectivity index (χ1n) is 8.66. The highest BCUT2D eigenvalue weighted by atomic mass is 35.5. The van der Waals surface area contributed by atoms with Crippen molar-refractivity contribution in [3.63, 3.8) is 0 Å². The Morgan fingerprint density at radius 2 is 1.89 bits per heavy atom. The molecule has 0 atom stereocenters. The fourth-order valence-electron chi connectivity index (χ4n) is 3.11. The number of carbonyl (C=O) groups is 2. The van der Waals surface area contributed by atoms with Crippen LogP contribution in [0, 0.1) is 5.82 Å². The van der Waals surface area contributed by atoms with Gasteiger partial charge in [-0.15, -0.1) is 12.4 Å². The van der Waals surface area contributed by atoms with Gasteiger partial charge in [0.05, 0.1) is 6.54 Å². The number of rotatable bonds is 5. The molecular formula is C20H23ClFN3O2. The van der Waals surface area contributed by atoms with Crippen LogP contribution in [0.3, 0.4) is 0 Å². The molecule has 1 aliphatic rings. The van der Waals surface area contributed by atoms with Crippen molar-refractivity contribution in [3.05, 3.63) is 65.5 Å². The summed E-state index contributed by atoms with van der Waals surface area (Å²) in [5.41, 5.74) is 8.26. The molecule has 0 bridgehead atoms. The molecular weight excluding hydrogens is 369 g/mol. The molecule has 0 aromatic heterocycles. The van der Waals surface area contributed by atoms with Crippen molar-refractivity contribution in [1.29, 1.82) is 0 Å². The second-order valence-corrected chi connectivity index (χ2v) is 6.46. The third-order valence-electron chi connectivity index (χ3n) is 4.60. The molecule has 1 aliphatic heterocycles. The Kier molecular flexibility index (Phi) is 7.19. The quantitative estimate of drug-likeness (QED) is 0.797. The Morgan fingerprint density at radius 3 is 2.59 bits per heavy atom. The molecule has 27 heavy (non-hydrogen) atoms. The number of benzene rings is 2. The highest BCUT2D eigenvalue weighted by Gasteiger charge is 2.26. The molecule has 0 spiro atoms. The maximum Gasteiger partial charge on any atom is 0.242 e. The van der Waals surface area contributed by atoms with Crippen molar-refractivity contribution < 1.29 is 14.0 Å². The summed E-state index contributed by atoms with van der Waals surface area (Å²) in [4.78, 5) is 28.0. The Morgan fingerprint density at radius 1 is 1.11 bits per heavy atom. The van der Waals surface area contributed by atoms with Gasteiger partial charge in [-0.1, -0.05) is 30.3 Å². The summed E-state index contributed by atoms with van der Waals surface area (Å²) in [5.74, 6) is -0.482. The average molecular weight is 392 g/mol. The first kappa shape index (κ1) is 20.7. The van der Waals surface area contributed by atoms with Gasteiger partial charge in [-0.05, 0) is 35.7 Å². The number of nitrogens with two attached hydrogens (primary N) is 1. The van der Waals surface area contributed by atoms with E-state index >= 15 is 0 Å². The molecule has 2 aromatic carbocycles. The first-order chi connectivity index (χ1) is 12.5. The van der Waals surface area contributed by atoms with Crippen LogP contribution in [0.1, 0.15) is 17.5 Å². The molecule has 2 N–H and O–H groups in total. The lowest BCUT2D eigenvalue weighted by molar-refractivity contribution is -0.145. The van der Waals surface area contributed by atoms with Crippen LogP contribution < -0.4 is 5.73 Å². The number of amides is 2. The summed E-state index contributed by atoms with van der Waals surface area (Å²) in [5, 5.41) is 0. The molecule has 1 fully saturated rings. The van der Waals surface area contributed by atoms with E-state index in [0.717, 1.165) is 11.1 Å². The minimum absolute atomic E-state index is 0. The smallest absolute Gasteiger partial charge is 0.242 e. The highest BCUT2D eigenvalue weighted by molar-refractivity contribution is 5.86. The predicted molar refractivity (Wildman–Crippen MR) is 105 cm³/mol. The normalized spacial score (nSPS) is 14.0. The van der Waals surface area contributed by atoms with Crippen LogP contribution in [0.25, 0.3) is 0 Å². The number of piperazine rings is 1. The van der Waals surface area contributed by atoms with Gasteiger partial charge in [0.25, 0.3) is 0 Å². The van der Waals surface area contributed by atoms with E-state index < -0.39 is 0 Å². The van der Waals surface area contributed by atoms with Gasteiger partial charge >= 0.3 is 0 Å². The topological polar surface area (TPSA) is 66.6 Å². The Labute approximate surface area is 164 Å². The maximum absolute atomic E-state index is 13.3. The summed E-state index contributed by atoms with van der Waals surface area (Å²) >= 11 is 0. The SMILES string of the molecule is Cl.Nc1ccccc1CCC(=O)N1CCN(Cc2cccc(F)c2)C(=O)C1. The van der Waals surface area contributed by atoms with Crippen LogP contribution >= 0.6 is 12.4 Å². The van der Waals surface area contributed by atoms with Crippen LogP contribution in [0.5, 0.6) is 0 Å². The molecule has 0 unspecified atom stereocenters. The maximum atomic E-state index is 13.3. The number of halogens is 2. The number of carbonyl (C=O) groups excluding carboxylic acids is 2. The second-order valence-electron chi connectivity index (χ2n) is 6.46. The number of nitrogen functional groups attached to an aromatic ring is 1. The first-order valence-corrected chi connectivity index (χ1v) is 8.66. The number of nitrogens with zero attached hydrogens (tertiary/aromatic N) is 2. The number of aryl methyl sites for hydroxylation is 1. The van der Waals surface area contributed by atoms with Crippen molar-refractivity contribution in [3.8, 4) is 0 Å². The van der Waals surface area contributed by atoms with Crippen molar-refractivity contribution in [1.82, 2.24) is 9.80 Å². The third-order valence-corrected chi connectivity index (χ3v) is 4.60. The molecule has 1 saturated heterocycles. The lowest BCUT2D eigenvalue weighted by Crippen LogP contribution is -2.51. The van der Waals surface area contributed by atoms with Gasteiger partial charge < -0.3 is 15.5 Å². The Balaban J connectivity index is 0.00000261. The summed E-state index contributed by atoms with van der Waals surface area (Å²) < 4.78 is 13.3. The monoisotopic (exact) mass is 391 g/mol. The van der Waals surface area contributed by atoms with E-state index in [4.69, 9.17) is 5.73 Å². The Bertz CT molecular complexity index is 815. The molecule has 1 heterocycles. The zero-order chi connectivity index (χ0) is 18.5. The van der Waals surface area contributed by atoms with Gasteiger partial charge in [-0.3, -0.25) is 9.59 Å². The molecule has 144 valence electrons. The summed E-state index contributed by atoms with van der Waals surface area (Å²) in [7, 11) is 0. The molecule has 0 saturated carbocycles. The van der Waals surface area contributed by atoms with Gasteiger partial charge in [0.2, 0.25) is 11.8 Å². The molecule has 0 radical (unpaired) electrons. The molecule has 5 nitrogen and oxygen atoms in total. The molecule has 2 aromatic rings. The van der Waals surface area contributed by atoms with Crippen LogP contribution in [-0.4, -0.2) is 41.2 Å². The van der Waals surface area contributed by atoms with E-state index in [2.05, 4.69) is 0 Å². The summed E-state index contributed by atoms with van der Waals surface area (Å²) in [6.07, 6.45) is 0.884. The largest absolute Gasteiger partial charge is 0.399 e. The fraction of sp³-hybridized carbons (Fsp3) is 0.300. The van der Waals surface area contributed by atoms with E-state index in [9.17, 15) is 14.0 Å². The van der Waals surface area contributed by atoms with Crippen LogP contribution in [0.2, 0.25) is 0 Å². The van der Waals surface area contributed by atoms with Gasteiger partial charge in [0, 0.05) is 31.7 Å². The highest BCUT2D eigenvalue weighted by Crippen LogP contribution is 2.15. The van der Waals surface area contributed by atoms with Crippen molar-refractivity contribution in [2.75, 3.05) is 25.4 Å². The summed E-state index contributed by atoms with van der Waals surface area (Å²) in [6.45, 7) is 1.37.